The van der Waals surface area contributed by atoms with E-state index in [1.54, 1.807) is 0 Å². The van der Waals surface area contributed by atoms with Gasteiger partial charge in [-0.15, -0.1) is 0 Å². The van der Waals surface area contributed by atoms with Crippen molar-refractivity contribution in [3.8, 4) is 0 Å². The Morgan fingerprint density at radius 3 is 2.09 bits per heavy atom. The molecule has 1 radical (unpaired) electrons. The SMILES string of the molecule is CC(=O)Nc1[c]cc(S(=O)(=O)O)c(Nc2nc(F)nc(Nc3ccccc3S(=O)(=O)O)n2)c1. The standard InChI is InChI=1S/C17H14FN6O7S2/c1-9(25)19-10-6-7-14(33(29,30)31)12(8-10)21-17-23-15(18)22-16(24-17)20-11-4-2-3-5-13(11)32(26,27)28/h2-5,7-8H,1H3,(H,19,25)(H,26,27,28)(H,29,30,31)(H2,20,21,22,23,24). The Morgan fingerprint density at radius 1 is 0.939 bits per heavy atom. The van der Waals surface area contributed by atoms with Crippen LogP contribution in [0.1, 0.15) is 6.92 Å². The van der Waals surface area contributed by atoms with E-state index in [1.807, 2.05) is 0 Å². The summed E-state index contributed by atoms with van der Waals surface area (Å²) in [6.07, 6.45) is -1.34. The molecule has 1 aromatic heterocycles. The zero-order chi connectivity index (χ0) is 24.4. The Morgan fingerprint density at radius 2 is 1.52 bits per heavy atom. The summed E-state index contributed by atoms with van der Waals surface area (Å²) in [5.41, 5.74) is -0.500. The van der Waals surface area contributed by atoms with Crippen LogP contribution in [0.2, 0.25) is 0 Å². The zero-order valence-electron chi connectivity index (χ0n) is 16.4. The van der Waals surface area contributed by atoms with Crippen molar-refractivity contribution >= 4 is 55.1 Å². The number of hydrogen-bond acceptors (Lipinski definition) is 10. The van der Waals surface area contributed by atoms with Crippen LogP contribution < -0.4 is 16.0 Å². The maximum Gasteiger partial charge on any atom is 0.315 e. The molecule has 0 aliphatic heterocycles. The highest BCUT2D eigenvalue weighted by Gasteiger charge is 2.20. The second-order valence-corrected chi connectivity index (χ2v) is 9.03. The van der Waals surface area contributed by atoms with E-state index in [2.05, 4.69) is 37.0 Å². The lowest BCUT2D eigenvalue weighted by Gasteiger charge is -2.13. The summed E-state index contributed by atoms with van der Waals surface area (Å²) in [6.45, 7) is 1.20. The fourth-order valence-corrected chi connectivity index (χ4v) is 3.79. The maximum atomic E-state index is 14.0. The van der Waals surface area contributed by atoms with Crippen LogP contribution in [0.15, 0.2) is 46.2 Å². The van der Waals surface area contributed by atoms with Crippen molar-refractivity contribution in [2.24, 2.45) is 0 Å². The molecule has 3 rings (SSSR count). The highest BCUT2D eigenvalue weighted by molar-refractivity contribution is 7.86. The third-order valence-electron chi connectivity index (χ3n) is 3.77. The molecule has 0 saturated heterocycles. The monoisotopic (exact) mass is 497 g/mol. The van der Waals surface area contributed by atoms with Crippen LogP contribution in [-0.4, -0.2) is 46.8 Å². The molecule has 33 heavy (non-hydrogen) atoms. The van der Waals surface area contributed by atoms with E-state index in [0.29, 0.717) is 0 Å². The molecule has 0 bridgehead atoms. The van der Waals surface area contributed by atoms with Crippen molar-refractivity contribution in [1.29, 1.82) is 0 Å². The lowest BCUT2D eigenvalue weighted by molar-refractivity contribution is -0.114. The number of benzene rings is 2. The highest BCUT2D eigenvalue weighted by Crippen LogP contribution is 2.28. The van der Waals surface area contributed by atoms with Gasteiger partial charge in [0.1, 0.15) is 9.79 Å². The molecule has 0 fully saturated rings. The number of nitrogens with zero attached hydrogens (tertiary/aromatic N) is 3. The third kappa shape index (κ3) is 6.16. The first-order valence-corrected chi connectivity index (χ1v) is 11.5. The Balaban J connectivity index is 2.01. The van der Waals surface area contributed by atoms with Crippen LogP contribution >= 0.6 is 0 Å². The summed E-state index contributed by atoms with van der Waals surface area (Å²) in [4.78, 5) is 20.6. The number of para-hydroxylation sites is 1. The third-order valence-corrected chi connectivity index (χ3v) is 5.57. The van der Waals surface area contributed by atoms with Gasteiger partial charge in [0.05, 0.1) is 17.1 Å². The van der Waals surface area contributed by atoms with Crippen molar-refractivity contribution in [1.82, 2.24) is 15.0 Å². The number of aromatic nitrogens is 3. The van der Waals surface area contributed by atoms with Gasteiger partial charge in [-0.05, 0) is 24.3 Å². The molecule has 5 N–H and O–H groups in total. The number of carbonyl (C=O) groups excluding carboxylic acids is 1. The lowest BCUT2D eigenvalue weighted by atomic mass is 10.2. The molecular formula is C17H14FN6O7S2. The topological polar surface area (TPSA) is 201 Å². The molecule has 2 aromatic carbocycles. The quantitative estimate of drug-likeness (QED) is 0.297. The summed E-state index contributed by atoms with van der Waals surface area (Å²) in [7, 11) is -9.41. The van der Waals surface area contributed by atoms with E-state index in [9.17, 15) is 35.1 Å². The maximum absolute atomic E-state index is 14.0. The van der Waals surface area contributed by atoms with Gasteiger partial charge in [-0.25, -0.2) is 0 Å². The van der Waals surface area contributed by atoms with Gasteiger partial charge in [0.2, 0.25) is 17.8 Å². The van der Waals surface area contributed by atoms with Crippen LogP contribution in [0.4, 0.5) is 33.3 Å². The van der Waals surface area contributed by atoms with Gasteiger partial charge < -0.3 is 16.0 Å². The normalized spacial score (nSPS) is 11.6. The minimum absolute atomic E-state index is 0.0207. The number of carbonyl (C=O) groups is 1. The number of anilines is 5. The van der Waals surface area contributed by atoms with Gasteiger partial charge in [-0.3, -0.25) is 13.9 Å². The largest absolute Gasteiger partial charge is 0.326 e. The molecule has 13 nitrogen and oxygen atoms in total. The van der Waals surface area contributed by atoms with Crippen molar-refractivity contribution < 1.29 is 35.1 Å². The van der Waals surface area contributed by atoms with Crippen LogP contribution in [-0.2, 0) is 25.0 Å². The van der Waals surface area contributed by atoms with Gasteiger partial charge in [0.15, 0.2) is 0 Å². The molecule has 16 heteroatoms. The predicted molar refractivity (Wildman–Crippen MR) is 112 cm³/mol. The van der Waals surface area contributed by atoms with Crippen molar-refractivity contribution in [2.75, 3.05) is 16.0 Å². The number of rotatable bonds is 7. The Hall–Kier alpha value is -3.73. The lowest BCUT2D eigenvalue weighted by Crippen LogP contribution is -2.11. The molecule has 1 amide bonds. The minimum atomic E-state index is -4.77. The molecular weight excluding hydrogens is 483 g/mol. The second kappa shape index (κ2) is 9.02. The van der Waals surface area contributed by atoms with Crippen LogP contribution in [0.25, 0.3) is 0 Å². The minimum Gasteiger partial charge on any atom is -0.326 e. The average molecular weight is 497 g/mol. The first-order valence-electron chi connectivity index (χ1n) is 8.66. The zero-order valence-corrected chi connectivity index (χ0v) is 18.1. The van der Waals surface area contributed by atoms with Crippen molar-refractivity contribution in [3.63, 3.8) is 0 Å². The average Bonchev–Trinajstić information content (AvgIpc) is 2.66. The van der Waals surface area contributed by atoms with Gasteiger partial charge in [0.25, 0.3) is 20.2 Å². The molecule has 0 unspecified atom stereocenters. The van der Waals surface area contributed by atoms with E-state index in [4.69, 9.17) is 0 Å². The van der Waals surface area contributed by atoms with Crippen LogP contribution in [0.5, 0.6) is 0 Å². The highest BCUT2D eigenvalue weighted by atomic mass is 32.2. The first-order chi connectivity index (χ1) is 15.3. The van der Waals surface area contributed by atoms with E-state index in [1.165, 1.54) is 25.1 Å². The summed E-state index contributed by atoms with van der Waals surface area (Å²) >= 11 is 0. The number of amides is 1. The predicted octanol–water partition coefficient (Wildman–Crippen LogP) is 1.75. The van der Waals surface area contributed by atoms with Crippen molar-refractivity contribution in [2.45, 2.75) is 16.7 Å². The Kier molecular flexibility index (Phi) is 6.54. The first kappa shape index (κ1) is 23.9. The smallest absolute Gasteiger partial charge is 0.315 e. The molecule has 0 atom stereocenters. The molecule has 0 saturated carbocycles. The summed E-state index contributed by atoms with van der Waals surface area (Å²) in [5.74, 6) is -1.54. The molecule has 0 spiro atoms. The van der Waals surface area contributed by atoms with Gasteiger partial charge >= 0.3 is 6.08 Å². The molecule has 0 aliphatic rings. The molecule has 1 heterocycles. The van der Waals surface area contributed by atoms with Gasteiger partial charge in [-0.1, -0.05) is 12.1 Å². The van der Waals surface area contributed by atoms with E-state index >= 15 is 0 Å². The summed E-state index contributed by atoms with van der Waals surface area (Å²) in [6, 6.07) is 9.48. The fraction of sp³-hybridized carbons (Fsp3) is 0.0588. The van der Waals surface area contributed by atoms with Crippen LogP contribution in [0.3, 0.4) is 0 Å². The fourth-order valence-electron chi connectivity index (χ4n) is 2.55. The second-order valence-electron chi connectivity index (χ2n) is 6.25. The van der Waals surface area contributed by atoms with E-state index < -0.39 is 53.9 Å². The van der Waals surface area contributed by atoms with Gasteiger partial charge in [-0.2, -0.15) is 36.2 Å². The Labute approximate surface area is 186 Å². The van der Waals surface area contributed by atoms with Crippen LogP contribution in [0, 0.1) is 12.1 Å². The Bertz CT molecular complexity index is 1450. The van der Waals surface area contributed by atoms with E-state index in [0.717, 1.165) is 18.2 Å². The summed E-state index contributed by atoms with van der Waals surface area (Å²) in [5, 5.41) is 7.15. The number of nitrogens with one attached hydrogen (secondary N) is 3. The van der Waals surface area contributed by atoms with E-state index in [-0.39, 0.29) is 17.1 Å². The van der Waals surface area contributed by atoms with Gasteiger partial charge in [0, 0.05) is 13.0 Å². The molecule has 0 aliphatic carbocycles. The molecule has 3 aromatic rings. The molecule has 173 valence electrons. The van der Waals surface area contributed by atoms with Crippen molar-refractivity contribution in [3.05, 3.63) is 48.5 Å². The number of halogens is 1. The summed E-state index contributed by atoms with van der Waals surface area (Å²) < 4.78 is 79.2. The number of hydrogen-bond donors (Lipinski definition) is 5.